The van der Waals surface area contributed by atoms with Gasteiger partial charge in [-0.05, 0) is 150 Å². The van der Waals surface area contributed by atoms with Crippen LogP contribution in [0.5, 0.6) is 0 Å². The lowest BCUT2D eigenvalue weighted by Gasteiger charge is -2.09. The van der Waals surface area contributed by atoms with Crippen LogP contribution < -0.4 is 19.6 Å². The van der Waals surface area contributed by atoms with Crippen LogP contribution in [0.4, 0.5) is 20.5 Å². The smallest absolute Gasteiger partial charge is 0.273 e. The van der Waals surface area contributed by atoms with Crippen molar-refractivity contribution in [3.8, 4) is 78.4 Å². The zero-order valence-corrected chi connectivity index (χ0v) is 73.6. The molecule has 620 valence electrons. The zero-order chi connectivity index (χ0) is 87.1. The van der Waals surface area contributed by atoms with Gasteiger partial charge in [-0.1, -0.05) is 193 Å². The van der Waals surface area contributed by atoms with Crippen LogP contribution in [0.2, 0.25) is 0 Å². The quantitative estimate of drug-likeness (QED) is 0.0393. The fourth-order valence-corrected chi connectivity index (χ4v) is 20.7. The Hall–Kier alpha value is -14.0. The van der Waals surface area contributed by atoms with Crippen LogP contribution in [-0.4, -0.2) is 113 Å². The number of hydrogen-bond acceptors (Lipinski definition) is 26. The topological polar surface area (TPSA) is 377 Å². The number of carbonyl (C=O) groups is 4. The molecule has 35 heteroatoms. The van der Waals surface area contributed by atoms with Gasteiger partial charge in [0.15, 0.2) is 41.2 Å². The number of thiazole rings is 4. The number of H-pyrrole nitrogens is 4. The number of aromatic amines is 4. The van der Waals surface area contributed by atoms with Crippen molar-refractivity contribution in [1.29, 1.82) is 21.6 Å². The number of carbonyl (C=O) groups excluding carboxylic acids is 4. The molecule has 4 aliphatic heterocycles. The van der Waals surface area contributed by atoms with Gasteiger partial charge in [0, 0.05) is 90.8 Å². The SMILES string of the molecule is Cc1ccc(-c2ccc(-c3[nH]ncc3/C=C3\SC(=N)N(c4nccs4)C3=O)cc2)cc1.Cc1ccc(-c2ccc(-c3[nH]ncc3/C=C3\SC(=N)N(c4nccs4)C3=O)cc2)cc1.Cc1ccc(-c2ccc(-c3[nH]ncc3/C=C3\SC(=N)N(c4nccs4)C3=O)cc2)cc1.N=C1S/C(=C\c2cn[nH]c2-c2ccc(S(=O)(=O)c3ccccc3)cc2)C(=O)N1c1nccs1. The number of nitrogens with zero attached hydrogens (tertiary/aromatic N) is 12. The summed E-state index contributed by atoms with van der Waals surface area (Å²) in [4.78, 5) is 75.4. The Balaban J connectivity index is 0.000000119. The predicted octanol–water partition coefficient (Wildman–Crippen LogP) is 21.1. The van der Waals surface area contributed by atoms with Crippen molar-refractivity contribution in [3.05, 3.63) is 330 Å². The van der Waals surface area contributed by atoms with Crippen LogP contribution in [0, 0.1) is 42.4 Å². The number of thioether (sulfide) groups is 4. The second-order valence-corrected chi connectivity index (χ2v) is 37.5. The summed E-state index contributed by atoms with van der Waals surface area (Å²) in [6.07, 6.45) is 20.1. The summed E-state index contributed by atoms with van der Waals surface area (Å²) in [5.74, 6) is -1.05. The molecule has 0 radical (unpaired) electrons. The first kappa shape index (κ1) is 84.2. The van der Waals surface area contributed by atoms with Gasteiger partial charge in [0.2, 0.25) is 9.84 Å². The highest BCUT2D eigenvalue weighted by Gasteiger charge is 2.39. The molecule has 126 heavy (non-hydrogen) atoms. The summed E-state index contributed by atoms with van der Waals surface area (Å²) >= 11 is 9.72. The van der Waals surface area contributed by atoms with E-state index in [1.165, 1.54) is 81.6 Å². The molecule has 8 N–H and O–H groups in total. The van der Waals surface area contributed by atoms with Crippen LogP contribution in [-0.2, 0) is 29.0 Å². The summed E-state index contributed by atoms with van der Waals surface area (Å²) in [6.45, 7) is 6.23. The highest BCUT2D eigenvalue weighted by molar-refractivity contribution is 8.20. The summed E-state index contributed by atoms with van der Waals surface area (Å²) in [5.41, 5.74) is 20.4. The minimum atomic E-state index is -3.61. The molecule has 0 bridgehead atoms. The van der Waals surface area contributed by atoms with Gasteiger partial charge in [0.25, 0.3) is 23.6 Å². The second kappa shape index (κ2) is 37.2. The monoisotopic (exact) mass is 1820 g/mol. The van der Waals surface area contributed by atoms with E-state index in [4.69, 9.17) is 21.6 Å². The first-order chi connectivity index (χ1) is 61.2. The third-order valence-electron chi connectivity index (χ3n) is 19.7. The van der Waals surface area contributed by atoms with Crippen molar-refractivity contribution in [3.63, 3.8) is 0 Å². The summed E-state index contributed by atoms with van der Waals surface area (Å²) in [7, 11) is -3.61. The van der Waals surface area contributed by atoms with Gasteiger partial charge in [-0.3, -0.25) is 61.2 Å². The molecule has 4 fully saturated rings. The number of rotatable bonds is 17. The van der Waals surface area contributed by atoms with Crippen LogP contribution in [0.15, 0.2) is 301 Å². The third-order valence-corrected chi connectivity index (χ3v) is 28.1. The second-order valence-electron chi connectivity index (χ2n) is 28.0. The van der Waals surface area contributed by atoms with E-state index in [1.807, 2.05) is 36.4 Å². The molecule has 16 aromatic rings. The van der Waals surface area contributed by atoms with E-state index in [1.54, 1.807) is 150 Å². The van der Waals surface area contributed by atoms with Crippen molar-refractivity contribution >= 4 is 191 Å². The lowest BCUT2D eigenvalue weighted by molar-refractivity contribution is -0.114. The van der Waals surface area contributed by atoms with Crippen molar-refractivity contribution < 1.29 is 27.6 Å². The molecule has 20 rings (SSSR count). The van der Waals surface area contributed by atoms with Gasteiger partial charge in [-0.25, -0.2) is 48.0 Å². The zero-order valence-electron chi connectivity index (χ0n) is 66.3. The van der Waals surface area contributed by atoms with Crippen molar-refractivity contribution in [1.82, 2.24) is 60.7 Å². The third kappa shape index (κ3) is 18.2. The number of aryl methyl sites for hydroxylation is 3. The molecule has 0 spiro atoms. The molecule has 8 aromatic heterocycles. The number of hydrogen-bond donors (Lipinski definition) is 8. The standard InChI is InChI=1S/3C23H17N5OS2.C22H15N5O3S3/c3*1-14-2-4-15(5-3-14)16-6-8-17(9-7-16)20-18(13-26-27-20)12-19-21(29)28(22(24)31-19)23-25-10-11-30-23;23-21-27(22-24-10-11-31-22)20(28)18(32-21)12-15-13-25-26-19(15)14-6-8-17(9-7-14)33(29,30)16-4-2-1-3-5-16/h3*2-13,24H,1H3,(H,26,27);1-13,23H,(H,25,26)/b3*19-12-,24-22?;18-12-,23-21?. The summed E-state index contributed by atoms with van der Waals surface area (Å²) in [6, 6.07) is 64.7. The first-order valence-corrected chi connectivity index (χ1v) is 46.5. The number of amidine groups is 4. The summed E-state index contributed by atoms with van der Waals surface area (Å²) in [5, 5.41) is 70.9. The molecule has 4 saturated heterocycles. The number of sulfone groups is 1. The maximum absolute atomic E-state index is 12.8. The molecule has 26 nitrogen and oxygen atoms in total. The van der Waals surface area contributed by atoms with Crippen LogP contribution >= 0.6 is 92.4 Å². The minimum Gasteiger partial charge on any atom is -0.278 e. The molecule has 0 unspecified atom stereocenters. The van der Waals surface area contributed by atoms with Gasteiger partial charge in [0.1, 0.15) is 0 Å². The van der Waals surface area contributed by atoms with E-state index in [0.29, 0.717) is 57.0 Å². The van der Waals surface area contributed by atoms with Crippen LogP contribution in [0.3, 0.4) is 0 Å². The van der Waals surface area contributed by atoms with Crippen molar-refractivity contribution in [2.45, 2.75) is 30.6 Å². The number of benzene rings is 8. The van der Waals surface area contributed by atoms with Crippen LogP contribution in [0.1, 0.15) is 38.9 Å². The van der Waals surface area contributed by atoms with Gasteiger partial charge >= 0.3 is 0 Å². The van der Waals surface area contributed by atoms with Gasteiger partial charge in [-0.15, -0.1) is 45.3 Å². The Morgan fingerprint density at radius 1 is 0.294 bits per heavy atom. The largest absolute Gasteiger partial charge is 0.278 e. The minimum absolute atomic E-state index is 0.0849. The lowest BCUT2D eigenvalue weighted by atomic mass is 10.0. The van der Waals surface area contributed by atoms with Gasteiger partial charge in [0.05, 0.1) is 77.0 Å². The maximum Gasteiger partial charge on any atom is 0.273 e. The predicted molar refractivity (Wildman–Crippen MR) is 510 cm³/mol. The van der Waals surface area contributed by atoms with Crippen molar-refractivity contribution in [2.75, 3.05) is 19.6 Å². The number of aromatic nitrogens is 12. The highest BCUT2D eigenvalue weighted by atomic mass is 32.2. The van der Waals surface area contributed by atoms with E-state index >= 15 is 0 Å². The molecule has 4 aliphatic rings. The van der Waals surface area contributed by atoms with Crippen LogP contribution in [0.25, 0.3) is 103 Å². The molecular weight excluding hydrogens is 1760 g/mol. The fraction of sp³-hybridized carbons (Fsp3) is 0.0330. The Morgan fingerprint density at radius 2 is 0.508 bits per heavy atom. The molecule has 12 heterocycles. The molecule has 0 saturated carbocycles. The van der Waals surface area contributed by atoms with Gasteiger partial charge in [-0.2, -0.15) is 20.4 Å². The molecule has 0 aliphatic carbocycles. The Kier molecular flexibility index (Phi) is 24.9. The van der Waals surface area contributed by atoms with E-state index in [0.717, 1.165) is 131 Å². The van der Waals surface area contributed by atoms with E-state index in [9.17, 15) is 27.6 Å². The molecule has 8 aromatic carbocycles. The summed E-state index contributed by atoms with van der Waals surface area (Å²) < 4.78 is 25.6. The maximum atomic E-state index is 12.8. The average molecular weight is 1820 g/mol. The normalized spacial score (nSPS) is 15.3. The van der Waals surface area contributed by atoms with Crippen molar-refractivity contribution in [2.24, 2.45) is 0 Å². The molecular formula is C91H66N20O6S9. The Bertz CT molecular complexity index is 6550. The number of nitrogens with one attached hydrogen (secondary N) is 8. The highest BCUT2D eigenvalue weighted by Crippen LogP contribution is 2.43. The fourth-order valence-electron chi connectivity index (χ4n) is 13.3. The Labute approximate surface area is 753 Å². The first-order valence-electron chi connectivity index (χ1n) is 38.2. The molecule has 0 atom stereocenters. The molecule has 4 amide bonds. The lowest BCUT2D eigenvalue weighted by Crippen LogP contribution is -2.27. The van der Waals surface area contributed by atoms with E-state index in [2.05, 4.69) is 191 Å². The number of amides is 4. The average Bonchev–Trinajstić information content (AvgIpc) is 1.68. The van der Waals surface area contributed by atoms with Gasteiger partial charge < -0.3 is 0 Å². The Morgan fingerprint density at radius 3 is 0.738 bits per heavy atom. The van der Waals surface area contributed by atoms with E-state index < -0.39 is 9.84 Å². The van der Waals surface area contributed by atoms with E-state index in [-0.39, 0.29) is 54.1 Å². The number of anilines is 4.